The van der Waals surface area contributed by atoms with Crippen molar-refractivity contribution in [3.8, 4) is 17.0 Å². The summed E-state index contributed by atoms with van der Waals surface area (Å²) in [5.74, 6) is -0.549. The van der Waals surface area contributed by atoms with E-state index in [1.807, 2.05) is 6.92 Å². The normalized spacial score (nSPS) is 18.0. The molecule has 4 heterocycles. The Morgan fingerprint density at radius 3 is 2.53 bits per heavy atom. The number of ether oxygens (including phenoxy) is 4. The van der Waals surface area contributed by atoms with Crippen LogP contribution in [0.3, 0.4) is 0 Å². The van der Waals surface area contributed by atoms with Gasteiger partial charge in [-0.25, -0.2) is 28.7 Å². The predicted molar refractivity (Wildman–Crippen MR) is 154 cm³/mol. The van der Waals surface area contributed by atoms with Crippen molar-refractivity contribution in [2.45, 2.75) is 46.3 Å². The summed E-state index contributed by atoms with van der Waals surface area (Å²) in [5.41, 5.74) is -0.198. The van der Waals surface area contributed by atoms with Crippen LogP contribution in [-0.4, -0.2) is 71.4 Å². The van der Waals surface area contributed by atoms with E-state index in [-0.39, 0.29) is 58.7 Å². The van der Waals surface area contributed by atoms with Gasteiger partial charge in [0.25, 0.3) is 0 Å². The van der Waals surface area contributed by atoms with E-state index in [9.17, 15) is 19.5 Å². The second-order valence-corrected chi connectivity index (χ2v) is 11.3. The molecular weight excluding hydrogens is 565 g/mol. The Balaban J connectivity index is 1.59. The number of nitrogens with zero attached hydrogens (tertiary/aromatic N) is 3. The van der Waals surface area contributed by atoms with E-state index in [0.717, 1.165) is 4.90 Å². The summed E-state index contributed by atoms with van der Waals surface area (Å²) < 4.78 is 38.0. The Hall–Kier alpha value is -4.72. The number of pyridine rings is 2. The van der Waals surface area contributed by atoms with Crippen LogP contribution in [0.15, 0.2) is 24.5 Å². The molecule has 3 N–H and O–H groups in total. The average molecular weight is 598 g/mol. The van der Waals surface area contributed by atoms with Crippen molar-refractivity contribution in [2.24, 2.45) is 5.92 Å². The Kier molecular flexibility index (Phi) is 7.97. The van der Waals surface area contributed by atoms with Gasteiger partial charge >= 0.3 is 18.3 Å². The number of carboxylic acid groups (broad SMARTS) is 1. The molecule has 1 saturated heterocycles. The zero-order valence-corrected chi connectivity index (χ0v) is 24.3. The average Bonchev–Trinajstić information content (AvgIpc) is 3.32. The smallest absolute Gasteiger partial charge is 0.413 e. The number of carbonyl (C=O) groups is 3. The fourth-order valence-electron chi connectivity index (χ4n) is 4.93. The van der Waals surface area contributed by atoms with Crippen molar-refractivity contribution in [2.75, 3.05) is 41.9 Å². The summed E-state index contributed by atoms with van der Waals surface area (Å²) in [4.78, 5) is 46.8. The van der Waals surface area contributed by atoms with Gasteiger partial charge in [-0.05, 0) is 50.8 Å². The van der Waals surface area contributed by atoms with Crippen LogP contribution in [0.1, 0.15) is 33.3 Å². The highest BCUT2D eigenvalue weighted by molar-refractivity contribution is 6.04. The molecule has 13 nitrogen and oxygen atoms in total. The lowest BCUT2D eigenvalue weighted by atomic mass is 9.96. The molecule has 2 aliphatic rings. The Morgan fingerprint density at radius 2 is 1.86 bits per heavy atom. The van der Waals surface area contributed by atoms with Crippen LogP contribution in [0.4, 0.5) is 36.0 Å². The summed E-state index contributed by atoms with van der Waals surface area (Å²) in [6, 6.07) is 3.00. The first-order valence-electron chi connectivity index (χ1n) is 13.6. The third-order valence-corrected chi connectivity index (χ3v) is 6.99. The van der Waals surface area contributed by atoms with E-state index in [1.54, 1.807) is 27.7 Å². The maximum absolute atomic E-state index is 16.3. The second-order valence-electron chi connectivity index (χ2n) is 11.3. The van der Waals surface area contributed by atoms with Crippen molar-refractivity contribution in [1.82, 2.24) is 9.97 Å². The van der Waals surface area contributed by atoms with E-state index < -0.39 is 35.8 Å². The zero-order valence-electron chi connectivity index (χ0n) is 24.3. The Labute approximate surface area is 246 Å². The van der Waals surface area contributed by atoms with E-state index in [0.29, 0.717) is 24.2 Å². The lowest BCUT2D eigenvalue weighted by Gasteiger charge is -2.29. The minimum absolute atomic E-state index is 0.0129. The number of halogens is 1. The van der Waals surface area contributed by atoms with Crippen molar-refractivity contribution >= 4 is 46.2 Å². The van der Waals surface area contributed by atoms with E-state index in [4.69, 9.17) is 18.9 Å². The first-order chi connectivity index (χ1) is 20.3. The van der Waals surface area contributed by atoms with Gasteiger partial charge in [0.2, 0.25) is 5.88 Å². The van der Waals surface area contributed by atoms with Crippen molar-refractivity contribution in [1.29, 1.82) is 0 Å². The SMILES string of the molecule is Cc1c(-c2cc3cc(NC(=O)OC4COCC4C)ncc3c(NC(=O)OC(C)(C)C)c2F)cnc2c1N(C(=O)O)CCO2. The fraction of sp³-hybridized carbons (Fsp3) is 0.414. The van der Waals surface area contributed by atoms with Gasteiger partial charge < -0.3 is 24.1 Å². The molecule has 14 heteroatoms. The van der Waals surface area contributed by atoms with Crippen molar-refractivity contribution < 1.29 is 42.8 Å². The first kappa shape index (κ1) is 29.8. The van der Waals surface area contributed by atoms with Gasteiger partial charge in [0.1, 0.15) is 29.8 Å². The number of hydrogen-bond donors (Lipinski definition) is 3. The lowest BCUT2D eigenvalue weighted by Crippen LogP contribution is -2.37. The van der Waals surface area contributed by atoms with Crippen LogP contribution in [0.25, 0.3) is 21.9 Å². The molecule has 2 aliphatic heterocycles. The lowest BCUT2D eigenvalue weighted by molar-refractivity contribution is 0.0635. The number of aromatic nitrogens is 2. The maximum Gasteiger partial charge on any atom is 0.413 e. The molecule has 3 aromatic rings. The monoisotopic (exact) mass is 597 g/mol. The van der Waals surface area contributed by atoms with Crippen LogP contribution in [0, 0.1) is 18.7 Å². The Morgan fingerprint density at radius 1 is 1.09 bits per heavy atom. The highest BCUT2D eigenvalue weighted by atomic mass is 19.1. The first-order valence-corrected chi connectivity index (χ1v) is 13.6. The summed E-state index contributed by atoms with van der Waals surface area (Å²) in [6.45, 7) is 9.54. The number of fused-ring (bicyclic) bond motifs is 2. The summed E-state index contributed by atoms with van der Waals surface area (Å²) in [5, 5.41) is 15.5. The molecule has 2 atom stereocenters. The summed E-state index contributed by atoms with van der Waals surface area (Å²) in [6.07, 6.45) is -0.543. The molecule has 1 fully saturated rings. The van der Waals surface area contributed by atoms with Crippen LogP contribution in [0.2, 0.25) is 0 Å². The van der Waals surface area contributed by atoms with E-state index in [1.165, 1.54) is 24.5 Å². The van der Waals surface area contributed by atoms with Gasteiger partial charge in [0.15, 0.2) is 5.82 Å². The van der Waals surface area contributed by atoms with Gasteiger partial charge in [0.05, 0.1) is 25.4 Å². The summed E-state index contributed by atoms with van der Waals surface area (Å²) >= 11 is 0. The van der Waals surface area contributed by atoms with Crippen LogP contribution < -0.4 is 20.3 Å². The molecule has 228 valence electrons. The number of anilines is 3. The molecule has 43 heavy (non-hydrogen) atoms. The fourth-order valence-corrected chi connectivity index (χ4v) is 4.93. The maximum atomic E-state index is 16.3. The molecule has 3 amide bonds. The zero-order chi connectivity index (χ0) is 31.1. The molecule has 0 saturated carbocycles. The number of rotatable bonds is 4. The molecule has 2 unspecified atom stereocenters. The second kappa shape index (κ2) is 11.5. The van der Waals surface area contributed by atoms with Crippen LogP contribution in [-0.2, 0) is 14.2 Å². The number of carbonyl (C=O) groups excluding carboxylic acids is 2. The van der Waals surface area contributed by atoms with Gasteiger partial charge in [-0.2, -0.15) is 0 Å². The largest absolute Gasteiger partial charge is 0.474 e. The molecule has 2 aromatic heterocycles. The number of hydrogen-bond acceptors (Lipinski definition) is 9. The third kappa shape index (κ3) is 6.23. The standard InChI is InChI=1S/C29H32FN5O8/c1-14-12-40-13-20(14)42-26(36)33-21-9-16-8-17(18-10-32-25-24(15(18)2)35(28(38)39)6-7-41-25)22(30)23(19(16)11-31-21)34-27(37)43-29(3,4)5/h8-11,14,20H,6-7,12-13H2,1-5H3,(H,34,37)(H,38,39)(H,31,33,36). The topological polar surface area (TPSA) is 161 Å². The highest BCUT2D eigenvalue weighted by Gasteiger charge is 2.30. The predicted octanol–water partition coefficient (Wildman–Crippen LogP) is 5.55. The number of amides is 3. The summed E-state index contributed by atoms with van der Waals surface area (Å²) in [7, 11) is 0. The molecule has 5 rings (SSSR count). The van der Waals surface area contributed by atoms with Gasteiger partial charge in [-0.15, -0.1) is 0 Å². The van der Waals surface area contributed by atoms with Crippen molar-refractivity contribution in [3.63, 3.8) is 0 Å². The number of benzene rings is 1. The molecule has 0 radical (unpaired) electrons. The van der Waals surface area contributed by atoms with E-state index in [2.05, 4.69) is 20.6 Å². The number of nitrogens with one attached hydrogen (secondary N) is 2. The minimum atomic E-state index is -1.20. The van der Waals surface area contributed by atoms with Gasteiger partial charge in [-0.1, -0.05) is 6.92 Å². The quantitative estimate of drug-likeness (QED) is 0.348. The van der Waals surface area contributed by atoms with E-state index >= 15 is 4.39 Å². The third-order valence-electron chi connectivity index (χ3n) is 6.99. The highest BCUT2D eigenvalue weighted by Crippen LogP contribution is 2.42. The van der Waals surface area contributed by atoms with Crippen LogP contribution >= 0.6 is 0 Å². The molecule has 0 bridgehead atoms. The minimum Gasteiger partial charge on any atom is -0.474 e. The van der Waals surface area contributed by atoms with Gasteiger partial charge in [0, 0.05) is 34.8 Å². The molecule has 0 aliphatic carbocycles. The van der Waals surface area contributed by atoms with Crippen LogP contribution in [0.5, 0.6) is 5.88 Å². The van der Waals surface area contributed by atoms with Crippen molar-refractivity contribution in [3.05, 3.63) is 35.9 Å². The Bertz CT molecular complexity index is 1610. The molecular formula is C29H32FN5O8. The molecule has 1 aromatic carbocycles. The molecule has 0 spiro atoms. The van der Waals surface area contributed by atoms with Gasteiger partial charge in [-0.3, -0.25) is 15.5 Å².